The molecule has 0 bridgehead atoms. The smallest absolute Gasteiger partial charge is 0.404 e. The lowest BCUT2D eigenvalue weighted by Gasteiger charge is -2.21. The molecule has 2 aromatic rings. The van der Waals surface area contributed by atoms with Crippen LogP contribution in [0.4, 0.5) is 0 Å². The Balaban J connectivity index is 1.92. The van der Waals surface area contributed by atoms with Gasteiger partial charge in [-0.1, -0.05) is 82.3 Å². The summed E-state index contributed by atoms with van der Waals surface area (Å²) in [6, 6.07) is 16.2. The first-order valence-electron chi connectivity index (χ1n) is 10.6. The van der Waals surface area contributed by atoms with Gasteiger partial charge >= 0.3 is 15.6 Å². The Morgan fingerprint density at radius 3 is 1.87 bits per heavy atom. The van der Waals surface area contributed by atoms with Crippen molar-refractivity contribution in [3.8, 4) is 11.5 Å². The number of benzene rings is 2. The van der Waals surface area contributed by atoms with Crippen molar-refractivity contribution in [2.24, 2.45) is 5.92 Å². The van der Waals surface area contributed by atoms with E-state index in [2.05, 4.69) is 13.8 Å². The van der Waals surface area contributed by atoms with Crippen LogP contribution >= 0.6 is 15.6 Å². The maximum absolute atomic E-state index is 13.1. The molecule has 0 saturated carbocycles. The van der Waals surface area contributed by atoms with Crippen molar-refractivity contribution < 1.29 is 31.9 Å². The molecule has 0 aromatic heterocycles. The van der Waals surface area contributed by atoms with Crippen molar-refractivity contribution in [1.29, 1.82) is 0 Å². The van der Waals surface area contributed by atoms with Crippen molar-refractivity contribution in [3.63, 3.8) is 0 Å². The summed E-state index contributed by atoms with van der Waals surface area (Å²) in [5.41, 5.74) is 0. The molecule has 0 radical (unpaired) electrons. The second-order valence-corrected chi connectivity index (χ2v) is 10.7. The lowest BCUT2D eigenvalue weighted by molar-refractivity contribution is 0.183. The predicted molar refractivity (Wildman–Crippen MR) is 121 cm³/mol. The molecule has 2 atom stereocenters. The SMILES string of the molecule is CC(C)CCCCCCCOP(=O)(Oc1ccccc1)OP(=O)(O)Oc1ccccc1. The number of phosphoric ester groups is 2. The van der Waals surface area contributed by atoms with E-state index in [1.54, 1.807) is 48.5 Å². The standard InChI is InChI=1S/C22H32O7P2/c1-20(2)14-8-4-3-5-13-19-26-31(25,28-22-17-11-7-12-18-22)29-30(23,24)27-21-15-9-6-10-16-21/h6-7,9-12,15-18,20H,3-5,8,13-14,19H2,1-2H3,(H,23,24). The summed E-state index contributed by atoms with van der Waals surface area (Å²) >= 11 is 0. The lowest BCUT2D eigenvalue weighted by Crippen LogP contribution is -2.05. The minimum atomic E-state index is -4.77. The monoisotopic (exact) mass is 470 g/mol. The van der Waals surface area contributed by atoms with E-state index in [9.17, 15) is 14.0 Å². The van der Waals surface area contributed by atoms with Gasteiger partial charge in [-0.05, 0) is 36.6 Å². The molecule has 1 N–H and O–H groups in total. The Morgan fingerprint density at radius 1 is 0.774 bits per heavy atom. The van der Waals surface area contributed by atoms with Gasteiger partial charge in [0.15, 0.2) is 0 Å². The van der Waals surface area contributed by atoms with Crippen molar-refractivity contribution in [1.82, 2.24) is 0 Å². The van der Waals surface area contributed by atoms with Gasteiger partial charge in [-0.2, -0.15) is 4.31 Å². The topological polar surface area (TPSA) is 91.3 Å². The van der Waals surface area contributed by atoms with Gasteiger partial charge in [-0.25, -0.2) is 9.13 Å². The Hall–Kier alpha value is -1.62. The minimum absolute atomic E-state index is 0.0691. The van der Waals surface area contributed by atoms with Crippen LogP contribution in [0.25, 0.3) is 0 Å². The first-order chi connectivity index (χ1) is 14.8. The molecule has 172 valence electrons. The van der Waals surface area contributed by atoms with E-state index in [0.717, 1.165) is 19.3 Å². The Labute approximate surface area is 184 Å². The maximum Gasteiger partial charge on any atom is 0.539 e. The molecular weight excluding hydrogens is 438 g/mol. The molecule has 0 aliphatic carbocycles. The summed E-state index contributed by atoms with van der Waals surface area (Å²) in [7, 11) is -9.18. The predicted octanol–water partition coefficient (Wildman–Crippen LogP) is 7.38. The number of hydrogen-bond acceptors (Lipinski definition) is 6. The molecule has 0 fully saturated rings. The average Bonchev–Trinajstić information content (AvgIpc) is 2.70. The molecule has 0 aliphatic heterocycles. The second-order valence-electron chi connectivity index (χ2n) is 7.59. The van der Waals surface area contributed by atoms with Gasteiger partial charge in [0, 0.05) is 0 Å². The van der Waals surface area contributed by atoms with Gasteiger partial charge < -0.3 is 9.05 Å². The van der Waals surface area contributed by atoms with Crippen molar-refractivity contribution >= 4 is 15.6 Å². The number of hydrogen-bond donors (Lipinski definition) is 1. The van der Waals surface area contributed by atoms with Crippen LogP contribution in [0.1, 0.15) is 52.4 Å². The zero-order valence-electron chi connectivity index (χ0n) is 18.1. The van der Waals surface area contributed by atoms with E-state index < -0.39 is 15.6 Å². The van der Waals surface area contributed by atoms with E-state index in [4.69, 9.17) is 17.9 Å². The highest BCUT2D eigenvalue weighted by atomic mass is 31.3. The molecule has 0 spiro atoms. The van der Waals surface area contributed by atoms with Crippen LogP contribution < -0.4 is 9.05 Å². The molecule has 0 saturated heterocycles. The Bertz CT molecular complexity index is 843. The van der Waals surface area contributed by atoms with Gasteiger partial charge in [-0.15, -0.1) is 0 Å². The fourth-order valence-corrected chi connectivity index (χ4v) is 5.44. The van der Waals surface area contributed by atoms with E-state index in [1.807, 2.05) is 0 Å². The fourth-order valence-electron chi connectivity index (χ4n) is 2.80. The van der Waals surface area contributed by atoms with E-state index in [0.29, 0.717) is 12.3 Å². The van der Waals surface area contributed by atoms with Crippen LogP contribution in [0.5, 0.6) is 11.5 Å². The van der Waals surface area contributed by atoms with Gasteiger partial charge in [0.1, 0.15) is 11.5 Å². The largest absolute Gasteiger partial charge is 0.539 e. The first kappa shape index (κ1) is 25.6. The van der Waals surface area contributed by atoms with Crippen LogP contribution in [0, 0.1) is 5.92 Å². The third-order valence-electron chi connectivity index (χ3n) is 4.30. The Kier molecular flexibility index (Phi) is 10.8. The summed E-state index contributed by atoms with van der Waals surface area (Å²) in [5.74, 6) is 0.994. The highest BCUT2D eigenvalue weighted by molar-refractivity contribution is 7.62. The van der Waals surface area contributed by atoms with E-state index >= 15 is 0 Å². The van der Waals surface area contributed by atoms with Crippen LogP contribution in [0.15, 0.2) is 60.7 Å². The van der Waals surface area contributed by atoms with Gasteiger partial charge in [0.2, 0.25) is 0 Å². The van der Waals surface area contributed by atoms with E-state index in [-0.39, 0.29) is 18.1 Å². The molecule has 0 heterocycles. The quantitative estimate of drug-likeness (QED) is 0.214. The van der Waals surface area contributed by atoms with Gasteiger partial charge in [-0.3, -0.25) is 9.42 Å². The van der Waals surface area contributed by atoms with Crippen molar-refractivity contribution in [2.75, 3.05) is 6.61 Å². The normalized spacial score (nSPS) is 15.2. The summed E-state index contributed by atoms with van der Waals surface area (Å²) in [6.45, 7) is 4.48. The van der Waals surface area contributed by atoms with Gasteiger partial charge in [0.25, 0.3) is 0 Å². The molecule has 2 aromatic carbocycles. The molecule has 2 unspecified atom stereocenters. The maximum atomic E-state index is 13.1. The van der Waals surface area contributed by atoms with E-state index in [1.165, 1.54) is 25.0 Å². The highest BCUT2D eigenvalue weighted by Crippen LogP contribution is 2.62. The lowest BCUT2D eigenvalue weighted by atomic mass is 10.0. The van der Waals surface area contributed by atoms with Crippen molar-refractivity contribution in [3.05, 3.63) is 60.7 Å². The third kappa shape index (κ3) is 11.0. The second kappa shape index (κ2) is 13.0. The summed E-state index contributed by atoms with van der Waals surface area (Å²) in [5, 5.41) is 0. The highest BCUT2D eigenvalue weighted by Gasteiger charge is 2.40. The summed E-state index contributed by atoms with van der Waals surface area (Å²) in [6.07, 6.45) is 6.07. The summed E-state index contributed by atoms with van der Waals surface area (Å²) in [4.78, 5) is 10.1. The van der Waals surface area contributed by atoms with Crippen LogP contribution in [-0.2, 0) is 18.0 Å². The average molecular weight is 470 g/mol. The molecule has 2 rings (SSSR count). The number of para-hydroxylation sites is 2. The molecule has 7 nitrogen and oxygen atoms in total. The summed E-state index contributed by atoms with van der Waals surface area (Å²) < 4.78 is 46.1. The van der Waals surface area contributed by atoms with Crippen molar-refractivity contribution in [2.45, 2.75) is 52.4 Å². The zero-order chi connectivity index (χ0) is 22.6. The number of phosphoric acid groups is 2. The minimum Gasteiger partial charge on any atom is -0.404 e. The van der Waals surface area contributed by atoms with Crippen LogP contribution in [0.3, 0.4) is 0 Å². The zero-order valence-corrected chi connectivity index (χ0v) is 19.9. The molecule has 0 aliphatic rings. The third-order valence-corrected chi connectivity index (χ3v) is 7.30. The molecule has 9 heteroatoms. The Morgan fingerprint density at radius 2 is 1.29 bits per heavy atom. The molecular formula is C22H32O7P2. The first-order valence-corrected chi connectivity index (χ1v) is 13.5. The fraction of sp³-hybridized carbons (Fsp3) is 0.455. The number of rotatable bonds is 15. The van der Waals surface area contributed by atoms with Crippen LogP contribution in [-0.4, -0.2) is 11.5 Å². The van der Waals surface area contributed by atoms with Crippen LogP contribution in [0.2, 0.25) is 0 Å². The number of unbranched alkanes of at least 4 members (excludes halogenated alkanes) is 4. The van der Waals surface area contributed by atoms with Gasteiger partial charge in [0.05, 0.1) is 6.61 Å². The molecule has 0 amide bonds. The molecule has 31 heavy (non-hydrogen) atoms.